The number of hydrogen-bond acceptors (Lipinski definition) is 6. The zero-order valence-corrected chi connectivity index (χ0v) is 9.32. The Morgan fingerprint density at radius 1 is 1.50 bits per heavy atom. The first-order valence-electron chi connectivity index (χ1n) is 5.29. The molecule has 0 aliphatic heterocycles. The molecule has 0 bridgehead atoms. The number of anilines is 1. The molecule has 0 unspecified atom stereocenters. The number of carbonyl (C=O) groups excluding carboxylic acids is 1. The highest BCUT2D eigenvalue weighted by atomic mass is 16.4. The predicted molar refractivity (Wildman–Crippen MR) is 58.8 cm³/mol. The molecule has 7 heteroatoms. The summed E-state index contributed by atoms with van der Waals surface area (Å²) in [6.45, 7) is 3.46. The number of hydrogen-bond donors (Lipinski definition) is 3. The van der Waals surface area contributed by atoms with Gasteiger partial charge in [-0.2, -0.15) is 0 Å². The Hall–Kier alpha value is -1.63. The molecule has 0 radical (unpaired) electrons. The molecular weight excluding hydrogens is 210 g/mol. The second-order valence-corrected chi connectivity index (χ2v) is 3.17. The SMILES string of the molecule is CCNC(=O)CCNc1nnc(CCN)o1. The molecule has 90 valence electrons. The van der Waals surface area contributed by atoms with E-state index in [1.54, 1.807) is 0 Å². The van der Waals surface area contributed by atoms with Crippen LogP contribution in [-0.4, -0.2) is 35.7 Å². The number of amides is 1. The molecular formula is C9H17N5O2. The average molecular weight is 227 g/mol. The highest BCUT2D eigenvalue weighted by Crippen LogP contribution is 2.04. The van der Waals surface area contributed by atoms with E-state index in [1.807, 2.05) is 6.92 Å². The monoisotopic (exact) mass is 227 g/mol. The van der Waals surface area contributed by atoms with E-state index in [-0.39, 0.29) is 5.91 Å². The smallest absolute Gasteiger partial charge is 0.315 e. The van der Waals surface area contributed by atoms with Crippen LogP contribution in [0.2, 0.25) is 0 Å². The molecule has 0 atom stereocenters. The van der Waals surface area contributed by atoms with Crippen molar-refractivity contribution < 1.29 is 9.21 Å². The molecule has 1 aromatic heterocycles. The normalized spacial score (nSPS) is 10.1. The van der Waals surface area contributed by atoms with Gasteiger partial charge in [0.2, 0.25) is 11.8 Å². The number of nitrogens with zero attached hydrogens (tertiary/aromatic N) is 2. The zero-order chi connectivity index (χ0) is 11.8. The lowest BCUT2D eigenvalue weighted by Crippen LogP contribution is -2.24. The van der Waals surface area contributed by atoms with E-state index < -0.39 is 0 Å². The second-order valence-electron chi connectivity index (χ2n) is 3.17. The van der Waals surface area contributed by atoms with Crippen molar-refractivity contribution in [2.24, 2.45) is 5.73 Å². The predicted octanol–water partition coefficient (Wildman–Crippen LogP) is -0.491. The highest BCUT2D eigenvalue weighted by molar-refractivity contribution is 5.76. The fourth-order valence-electron chi connectivity index (χ4n) is 1.12. The van der Waals surface area contributed by atoms with Gasteiger partial charge in [-0.15, -0.1) is 5.10 Å². The summed E-state index contributed by atoms with van der Waals surface area (Å²) in [4.78, 5) is 11.1. The summed E-state index contributed by atoms with van der Waals surface area (Å²) in [6, 6.07) is 0.327. The quantitative estimate of drug-likeness (QED) is 0.580. The van der Waals surface area contributed by atoms with Gasteiger partial charge < -0.3 is 20.8 Å². The van der Waals surface area contributed by atoms with Gasteiger partial charge in [0, 0.05) is 32.5 Å². The fraction of sp³-hybridized carbons (Fsp3) is 0.667. The largest absolute Gasteiger partial charge is 0.408 e. The van der Waals surface area contributed by atoms with Crippen LogP contribution in [0.3, 0.4) is 0 Å². The van der Waals surface area contributed by atoms with Crippen LogP contribution < -0.4 is 16.4 Å². The van der Waals surface area contributed by atoms with E-state index in [2.05, 4.69) is 20.8 Å². The third-order valence-corrected chi connectivity index (χ3v) is 1.83. The van der Waals surface area contributed by atoms with Crippen LogP contribution in [0.1, 0.15) is 19.2 Å². The highest BCUT2D eigenvalue weighted by Gasteiger charge is 2.05. The Bertz CT molecular complexity index is 325. The minimum absolute atomic E-state index is 0.00306. The number of aromatic nitrogens is 2. The Kier molecular flexibility index (Phi) is 5.27. The van der Waals surface area contributed by atoms with Crippen LogP contribution in [0.4, 0.5) is 6.01 Å². The van der Waals surface area contributed by atoms with Gasteiger partial charge in [0.15, 0.2) is 0 Å². The summed E-state index contributed by atoms with van der Waals surface area (Å²) >= 11 is 0. The molecule has 1 aromatic rings. The van der Waals surface area contributed by atoms with Crippen molar-refractivity contribution in [3.63, 3.8) is 0 Å². The molecule has 7 nitrogen and oxygen atoms in total. The Morgan fingerprint density at radius 2 is 2.31 bits per heavy atom. The lowest BCUT2D eigenvalue weighted by Gasteiger charge is -2.01. The lowest BCUT2D eigenvalue weighted by atomic mass is 10.4. The zero-order valence-electron chi connectivity index (χ0n) is 9.32. The minimum atomic E-state index is -0.00306. The lowest BCUT2D eigenvalue weighted by molar-refractivity contribution is -0.120. The molecule has 0 aromatic carbocycles. The molecule has 0 saturated heterocycles. The molecule has 0 aliphatic carbocycles. The van der Waals surface area contributed by atoms with Crippen LogP contribution >= 0.6 is 0 Å². The molecule has 1 heterocycles. The van der Waals surface area contributed by atoms with Gasteiger partial charge >= 0.3 is 6.01 Å². The van der Waals surface area contributed by atoms with E-state index >= 15 is 0 Å². The molecule has 0 aliphatic rings. The standard InChI is InChI=1S/C9H17N5O2/c1-2-11-7(15)4-6-12-9-14-13-8(16-9)3-5-10/h2-6,10H2,1H3,(H,11,15)(H,12,14). The average Bonchev–Trinajstić information content (AvgIpc) is 2.67. The van der Waals surface area contributed by atoms with Crippen molar-refractivity contribution in [2.75, 3.05) is 25.0 Å². The second kappa shape index (κ2) is 6.78. The maximum Gasteiger partial charge on any atom is 0.315 e. The summed E-state index contributed by atoms with van der Waals surface area (Å²) < 4.78 is 5.22. The van der Waals surface area contributed by atoms with Gasteiger partial charge in [-0.1, -0.05) is 5.10 Å². The van der Waals surface area contributed by atoms with E-state index in [0.717, 1.165) is 0 Å². The summed E-state index contributed by atoms with van der Waals surface area (Å²) in [6.07, 6.45) is 0.938. The van der Waals surface area contributed by atoms with Crippen molar-refractivity contribution in [3.8, 4) is 0 Å². The number of carbonyl (C=O) groups is 1. The minimum Gasteiger partial charge on any atom is -0.408 e. The third-order valence-electron chi connectivity index (χ3n) is 1.83. The van der Waals surface area contributed by atoms with Gasteiger partial charge in [0.25, 0.3) is 0 Å². The van der Waals surface area contributed by atoms with Crippen molar-refractivity contribution in [3.05, 3.63) is 5.89 Å². The topological polar surface area (TPSA) is 106 Å². The van der Waals surface area contributed by atoms with E-state index in [0.29, 0.717) is 44.4 Å². The first-order chi connectivity index (χ1) is 7.76. The molecule has 1 rings (SSSR count). The van der Waals surface area contributed by atoms with E-state index in [9.17, 15) is 4.79 Å². The van der Waals surface area contributed by atoms with E-state index in [4.69, 9.17) is 10.2 Å². The molecule has 0 spiro atoms. The summed E-state index contributed by atoms with van der Waals surface area (Å²) in [7, 11) is 0. The van der Waals surface area contributed by atoms with Crippen LogP contribution in [-0.2, 0) is 11.2 Å². The van der Waals surface area contributed by atoms with Gasteiger partial charge in [-0.3, -0.25) is 4.79 Å². The molecule has 1 amide bonds. The number of nitrogens with two attached hydrogens (primary N) is 1. The number of nitrogens with one attached hydrogen (secondary N) is 2. The first-order valence-corrected chi connectivity index (χ1v) is 5.29. The van der Waals surface area contributed by atoms with Crippen molar-refractivity contribution >= 4 is 11.9 Å². The van der Waals surface area contributed by atoms with Crippen molar-refractivity contribution in [2.45, 2.75) is 19.8 Å². The maximum absolute atomic E-state index is 11.1. The van der Waals surface area contributed by atoms with Crippen LogP contribution in [0.25, 0.3) is 0 Å². The fourth-order valence-corrected chi connectivity index (χ4v) is 1.12. The van der Waals surface area contributed by atoms with Gasteiger partial charge in [0.05, 0.1) is 0 Å². The van der Waals surface area contributed by atoms with Crippen molar-refractivity contribution in [1.29, 1.82) is 0 Å². The van der Waals surface area contributed by atoms with Gasteiger partial charge in [0.1, 0.15) is 0 Å². The van der Waals surface area contributed by atoms with E-state index in [1.165, 1.54) is 0 Å². The Labute approximate surface area is 93.8 Å². The first kappa shape index (κ1) is 12.4. The third kappa shape index (κ3) is 4.26. The molecule has 0 saturated carbocycles. The summed E-state index contributed by atoms with van der Waals surface area (Å²) in [5, 5.41) is 13.1. The maximum atomic E-state index is 11.1. The molecule has 16 heavy (non-hydrogen) atoms. The van der Waals surface area contributed by atoms with Crippen LogP contribution in [0.5, 0.6) is 0 Å². The van der Waals surface area contributed by atoms with Gasteiger partial charge in [-0.25, -0.2) is 0 Å². The molecule has 4 N–H and O–H groups in total. The van der Waals surface area contributed by atoms with Crippen LogP contribution in [0.15, 0.2) is 4.42 Å². The number of rotatable bonds is 7. The van der Waals surface area contributed by atoms with Crippen LogP contribution in [0, 0.1) is 0 Å². The van der Waals surface area contributed by atoms with Crippen molar-refractivity contribution in [1.82, 2.24) is 15.5 Å². The summed E-state index contributed by atoms with van der Waals surface area (Å²) in [5.41, 5.74) is 5.34. The molecule has 0 fully saturated rings. The van der Waals surface area contributed by atoms with Gasteiger partial charge in [-0.05, 0) is 6.92 Å². The Morgan fingerprint density at radius 3 is 3.00 bits per heavy atom. The Balaban J connectivity index is 2.23. The summed E-state index contributed by atoms with van der Waals surface area (Å²) in [5.74, 6) is 0.500.